The quantitative estimate of drug-likeness (QED) is 0.500. The zero-order chi connectivity index (χ0) is 17.6. The maximum atomic E-state index is 12.3. The number of esters is 1. The summed E-state index contributed by atoms with van der Waals surface area (Å²) in [6.45, 7) is 0.0904. The molecule has 0 saturated carbocycles. The van der Waals surface area contributed by atoms with Crippen molar-refractivity contribution < 1.29 is 14.3 Å². The van der Waals surface area contributed by atoms with Crippen LogP contribution in [0.15, 0.2) is 59.7 Å². The molecule has 0 bridgehead atoms. The van der Waals surface area contributed by atoms with E-state index in [2.05, 4.69) is 4.98 Å². The van der Waals surface area contributed by atoms with Crippen LogP contribution in [0.3, 0.4) is 0 Å². The van der Waals surface area contributed by atoms with Gasteiger partial charge in [0.1, 0.15) is 25.5 Å². The van der Waals surface area contributed by atoms with Crippen molar-refractivity contribution in [3.63, 3.8) is 0 Å². The third-order valence-corrected chi connectivity index (χ3v) is 3.71. The molecule has 0 saturated heterocycles. The van der Waals surface area contributed by atoms with E-state index in [1.807, 2.05) is 0 Å². The highest BCUT2D eigenvalue weighted by atomic mass is 35.5. The van der Waals surface area contributed by atoms with E-state index in [-0.39, 0.29) is 25.3 Å². The molecule has 6 nitrogen and oxygen atoms in total. The average molecular weight is 359 g/mol. The molecule has 0 aliphatic carbocycles. The molecule has 0 aliphatic rings. The highest BCUT2D eigenvalue weighted by Gasteiger charge is 2.09. The summed E-state index contributed by atoms with van der Waals surface area (Å²) in [6.07, 6.45) is 1.34. The number of para-hydroxylation sites is 1. The molecule has 25 heavy (non-hydrogen) atoms. The number of hydrogen-bond acceptors (Lipinski definition) is 5. The van der Waals surface area contributed by atoms with Gasteiger partial charge in [0.25, 0.3) is 5.56 Å². The minimum absolute atomic E-state index is 0.0806. The predicted molar refractivity (Wildman–Crippen MR) is 93.9 cm³/mol. The number of carbonyl (C=O) groups excluding carboxylic acids is 1. The van der Waals surface area contributed by atoms with Crippen molar-refractivity contribution in [1.82, 2.24) is 9.55 Å². The maximum Gasteiger partial charge on any atom is 0.326 e. The van der Waals surface area contributed by atoms with Crippen molar-refractivity contribution in [2.24, 2.45) is 0 Å². The maximum absolute atomic E-state index is 12.3. The van der Waals surface area contributed by atoms with Gasteiger partial charge in [-0.05, 0) is 36.4 Å². The summed E-state index contributed by atoms with van der Waals surface area (Å²) in [6, 6.07) is 13.8. The smallest absolute Gasteiger partial charge is 0.326 e. The normalized spacial score (nSPS) is 10.6. The molecular formula is C18H15ClN2O4. The van der Waals surface area contributed by atoms with Crippen LogP contribution in [0.4, 0.5) is 0 Å². The van der Waals surface area contributed by atoms with E-state index in [9.17, 15) is 9.59 Å². The molecule has 0 aliphatic heterocycles. The number of ether oxygens (including phenoxy) is 2. The summed E-state index contributed by atoms with van der Waals surface area (Å²) >= 11 is 5.78. The molecule has 0 spiro atoms. The zero-order valence-corrected chi connectivity index (χ0v) is 14.0. The molecule has 0 fully saturated rings. The number of fused-ring (bicyclic) bond motifs is 1. The van der Waals surface area contributed by atoms with Crippen molar-refractivity contribution >= 4 is 28.5 Å². The Balaban J connectivity index is 1.52. The van der Waals surface area contributed by atoms with Crippen LogP contribution in [0, 0.1) is 0 Å². The number of nitrogens with zero attached hydrogens (tertiary/aromatic N) is 2. The van der Waals surface area contributed by atoms with Gasteiger partial charge in [-0.1, -0.05) is 23.7 Å². The Morgan fingerprint density at radius 3 is 2.64 bits per heavy atom. The van der Waals surface area contributed by atoms with Gasteiger partial charge in [-0.15, -0.1) is 0 Å². The number of carbonyl (C=O) groups is 1. The Bertz CT molecular complexity index is 938. The summed E-state index contributed by atoms with van der Waals surface area (Å²) in [5, 5.41) is 1.08. The Morgan fingerprint density at radius 2 is 1.84 bits per heavy atom. The van der Waals surface area contributed by atoms with E-state index in [0.717, 1.165) is 0 Å². The van der Waals surface area contributed by atoms with Crippen molar-refractivity contribution in [2.75, 3.05) is 13.2 Å². The second kappa shape index (κ2) is 7.81. The van der Waals surface area contributed by atoms with Crippen molar-refractivity contribution in [2.45, 2.75) is 6.54 Å². The predicted octanol–water partition coefficient (Wildman–Crippen LogP) is 2.67. The Morgan fingerprint density at radius 1 is 1.08 bits per heavy atom. The Labute approximate surface area is 148 Å². The lowest BCUT2D eigenvalue weighted by Gasteiger charge is -2.09. The first kappa shape index (κ1) is 17.0. The van der Waals surface area contributed by atoms with Crippen LogP contribution < -0.4 is 10.3 Å². The van der Waals surface area contributed by atoms with Crippen LogP contribution in [-0.2, 0) is 16.1 Å². The first-order chi connectivity index (χ1) is 12.1. The van der Waals surface area contributed by atoms with E-state index in [1.54, 1.807) is 48.5 Å². The summed E-state index contributed by atoms with van der Waals surface area (Å²) in [7, 11) is 0. The van der Waals surface area contributed by atoms with Gasteiger partial charge in [0.2, 0.25) is 0 Å². The van der Waals surface area contributed by atoms with Gasteiger partial charge in [0.15, 0.2) is 0 Å². The van der Waals surface area contributed by atoms with Gasteiger partial charge < -0.3 is 9.47 Å². The number of rotatable bonds is 6. The fraction of sp³-hybridized carbons (Fsp3) is 0.167. The standard InChI is InChI=1S/C18H15ClN2O4/c19-13-5-7-14(8-6-13)24-9-10-25-17(22)11-21-12-20-16-4-2-1-3-15(16)18(21)23/h1-8,12H,9-11H2. The molecule has 7 heteroatoms. The highest BCUT2D eigenvalue weighted by molar-refractivity contribution is 6.30. The minimum Gasteiger partial charge on any atom is -0.490 e. The molecule has 2 aromatic carbocycles. The van der Waals surface area contributed by atoms with Crippen LogP contribution in [0.1, 0.15) is 0 Å². The lowest BCUT2D eigenvalue weighted by molar-refractivity contribution is -0.145. The summed E-state index contributed by atoms with van der Waals surface area (Å²) < 4.78 is 11.7. The van der Waals surface area contributed by atoms with E-state index in [1.165, 1.54) is 10.9 Å². The van der Waals surface area contributed by atoms with Crippen molar-refractivity contribution in [1.29, 1.82) is 0 Å². The van der Waals surface area contributed by atoms with Crippen molar-refractivity contribution in [3.8, 4) is 5.75 Å². The lowest BCUT2D eigenvalue weighted by atomic mass is 10.2. The van der Waals surface area contributed by atoms with E-state index in [4.69, 9.17) is 21.1 Å². The van der Waals surface area contributed by atoms with Crippen LogP contribution in [0.25, 0.3) is 10.9 Å². The average Bonchev–Trinajstić information content (AvgIpc) is 2.63. The number of halogens is 1. The molecule has 0 amide bonds. The van der Waals surface area contributed by atoms with E-state index < -0.39 is 5.97 Å². The van der Waals surface area contributed by atoms with Gasteiger partial charge in [0, 0.05) is 5.02 Å². The Kier molecular flexibility index (Phi) is 5.30. The minimum atomic E-state index is -0.529. The van der Waals surface area contributed by atoms with Crippen LogP contribution in [0.5, 0.6) is 5.75 Å². The SMILES string of the molecule is O=C(Cn1cnc2ccccc2c1=O)OCCOc1ccc(Cl)cc1. The number of benzene rings is 2. The molecule has 0 atom stereocenters. The van der Waals surface area contributed by atoms with E-state index >= 15 is 0 Å². The largest absolute Gasteiger partial charge is 0.490 e. The molecular weight excluding hydrogens is 344 g/mol. The second-order valence-corrected chi connectivity index (χ2v) is 5.65. The molecule has 1 heterocycles. The first-order valence-electron chi connectivity index (χ1n) is 7.61. The fourth-order valence-electron chi connectivity index (χ4n) is 2.25. The highest BCUT2D eigenvalue weighted by Crippen LogP contribution is 2.15. The third kappa shape index (κ3) is 4.36. The van der Waals surface area contributed by atoms with Gasteiger partial charge in [0.05, 0.1) is 17.2 Å². The molecule has 128 valence electrons. The Hall–Kier alpha value is -2.86. The summed E-state index contributed by atoms with van der Waals surface area (Å²) in [5.41, 5.74) is 0.313. The van der Waals surface area contributed by atoms with Crippen LogP contribution >= 0.6 is 11.6 Å². The fourth-order valence-corrected chi connectivity index (χ4v) is 2.38. The zero-order valence-electron chi connectivity index (χ0n) is 13.2. The van der Waals surface area contributed by atoms with Gasteiger partial charge in [-0.2, -0.15) is 0 Å². The lowest BCUT2D eigenvalue weighted by Crippen LogP contribution is -2.26. The number of aromatic nitrogens is 2. The summed E-state index contributed by atoms with van der Waals surface area (Å²) in [4.78, 5) is 28.3. The van der Waals surface area contributed by atoms with Gasteiger partial charge >= 0.3 is 5.97 Å². The number of hydrogen-bond donors (Lipinski definition) is 0. The monoisotopic (exact) mass is 358 g/mol. The molecule has 0 N–H and O–H groups in total. The molecule has 3 rings (SSSR count). The van der Waals surface area contributed by atoms with E-state index in [0.29, 0.717) is 21.7 Å². The van der Waals surface area contributed by atoms with Crippen LogP contribution in [0.2, 0.25) is 5.02 Å². The summed E-state index contributed by atoms with van der Waals surface area (Å²) in [5.74, 6) is 0.106. The molecule has 0 radical (unpaired) electrons. The topological polar surface area (TPSA) is 70.4 Å². The van der Waals surface area contributed by atoms with Gasteiger partial charge in [-0.3, -0.25) is 14.2 Å². The van der Waals surface area contributed by atoms with Crippen molar-refractivity contribution in [3.05, 3.63) is 70.2 Å². The van der Waals surface area contributed by atoms with Crippen LogP contribution in [-0.4, -0.2) is 28.7 Å². The molecule has 0 unspecified atom stereocenters. The first-order valence-corrected chi connectivity index (χ1v) is 7.99. The molecule has 1 aromatic heterocycles. The second-order valence-electron chi connectivity index (χ2n) is 5.22. The third-order valence-electron chi connectivity index (χ3n) is 3.46. The molecule has 3 aromatic rings. The van der Waals surface area contributed by atoms with Gasteiger partial charge in [-0.25, -0.2) is 4.98 Å².